The molecule has 1 unspecified atom stereocenters. The van der Waals surface area contributed by atoms with Gasteiger partial charge in [-0.15, -0.1) is 0 Å². The van der Waals surface area contributed by atoms with Crippen LogP contribution >= 0.6 is 15.9 Å². The normalized spacial score (nSPS) is 15.5. The number of amides is 2. The lowest BCUT2D eigenvalue weighted by molar-refractivity contribution is -0.121. The molecule has 0 radical (unpaired) electrons. The minimum atomic E-state index is -0.174. The van der Waals surface area contributed by atoms with Crippen LogP contribution in [0, 0.1) is 5.92 Å². The van der Waals surface area contributed by atoms with Crippen molar-refractivity contribution in [2.45, 2.75) is 45.7 Å². The summed E-state index contributed by atoms with van der Waals surface area (Å²) in [6, 6.07) is 15.0. The van der Waals surface area contributed by atoms with E-state index in [2.05, 4.69) is 41.6 Å². The average Bonchev–Trinajstić information content (AvgIpc) is 3.33. The molecular formula is C26H30BrN5O3. The summed E-state index contributed by atoms with van der Waals surface area (Å²) in [6.07, 6.45) is 2.29. The average molecular weight is 540 g/mol. The lowest BCUT2D eigenvalue weighted by atomic mass is 9.95. The summed E-state index contributed by atoms with van der Waals surface area (Å²) in [4.78, 5) is 32.3. The van der Waals surface area contributed by atoms with E-state index < -0.39 is 0 Å². The van der Waals surface area contributed by atoms with Gasteiger partial charge in [0.1, 0.15) is 0 Å². The van der Waals surface area contributed by atoms with Crippen LogP contribution in [0.1, 0.15) is 49.4 Å². The zero-order valence-electron chi connectivity index (χ0n) is 20.0. The number of likely N-dealkylation sites (tertiary alicyclic amines) is 1. The van der Waals surface area contributed by atoms with Gasteiger partial charge < -0.3 is 15.2 Å². The van der Waals surface area contributed by atoms with Gasteiger partial charge in [0.05, 0.1) is 17.8 Å². The van der Waals surface area contributed by atoms with Crippen molar-refractivity contribution >= 4 is 33.4 Å². The summed E-state index contributed by atoms with van der Waals surface area (Å²) in [5.74, 6) is 0.790. The Kier molecular flexibility index (Phi) is 8.30. The second-order valence-electron chi connectivity index (χ2n) is 8.89. The summed E-state index contributed by atoms with van der Waals surface area (Å²) in [5, 5.41) is 10.0. The number of benzene rings is 2. The molecule has 0 saturated carbocycles. The number of nitrogens with zero attached hydrogens (tertiary/aromatic N) is 3. The van der Waals surface area contributed by atoms with Crippen LogP contribution in [0.4, 0.5) is 5.69 Å². The van der Waals surface area contributed by atoms with Crippen LogP contribution in [0.15, 0.2) is 57.5 Å². The van der Waals surface area contributed by atoms with Crippen LogP contribution in [0.2, 0.25) is 0 Å². The number of hydrogen-bond donors (Lipinski definition) is 2. The fraction of sp³-hybridized carbons (Fsp3) is 0.385. The Morgan fingerprint density at radius 3 is 2.57 bits per heavy atom. The minimum absolute atomic E-state index is 0.0521. The van der Waals surface area contributed by atoms with E-state index in [9.17, 15) is 9.59 Å². The number of piperidine rings is 1. The van der Waals surface area contributed by atoms with Crippen LogP contribution in [0.5, 0.6) is 0 Å². The van der Waals surface area contributed by atoms with Crippen LogP contribution < -0.4 is 10.6 Å². The van der Waals surface area contributed by atoms with Crippen LogP contribution in [0.3, 0.4) is 0 Å². The van der Waals surface area contributed by atoms with Gasteiger partial charge in [-0.25, -0.2) is 0 Å². The van der Waals surface area contributed by atoms with E-state index in [0.717, 1.165) is 42.4 Å². The molecule has 1 saturated heterocycles. The van der Waals surface area contributed by atoms with Gasteiger partial charge in [0.25, 0.3) is 5.91 Å². The lowest BCUT2D eigenvalue weighted by Crippen LogP contribution is -2.38. The Bertz CT molecular complexity index is 1160. The van der Waals surface area contributed by atoms with Crippen LogP contribution in [-0.4, -0.2) is 46.0 Å². The fourth-order valence-corrected chi connectivity index (χ4v) is 4.27. The third-order valence-corrected chi connectivity index (χ3v) is 6.84. The third-order valence-electron chi connectivity index (χ3n) is 6.31. The van der Waals surface area contributed by atoms with E-state index in [0.29, 0.717) is 29.5 Å². The van der Waals surface area contributed by atoms with Gasteiger partial charge in [-0.05, 0) is 75.7 Å². The third kappa shape index (κ3) is 6.55. The van der Waals surface area contributed by atoms with Gasteiger partial charge in [-0.1, -0.05) is 40.1 Å². The molecule has 1 fully saturated rings. The van der Waals surface area contributed by atoms with E-state index in [1.165, 1.54) is 0 Å². The van der Waals surface area contributed by atoms with Crippen LogP contribution in [-0.2, 0) is 11.3 Å². The van der Waals surface area contributed by atoms with Gasteiger partial charge in [0.2, 0.25) is 17.6 Å². The molecule has 0 aliphatic carbocycles. The van der Waals surface area contributed by atoms with Crippen molar-refractivity contribution in [1.82, 2.24) is 20.4 Å². The maximum absolute atomic E-state index is 13.0. The second kappa shape index (κ2) is 11.6. The summed E-state index contributed by atoms with van der Waals surface area (Å²) in [5.41, 5.74) is 1.93. The Hall–Kier alpha value is -3.04. The largest absolute Gasteiger partial charge is 0.350 e. The zero-order chi connectivity index (χ0) is 24.8. The standard InChI is InChI=1S/C26H30BrN5O3/c1-3-17(2)28-26(34)21-6-4-5-7-22(21)29-25(33)19-12-14-32(15-13-19)16-23-30-24(31-35-23)18-8-10-20(27)11-9-18/h4-11,17,19H,3,12-16H2,1-2H3,(H,28,34)(H,29,33). The molecule has 2 aromatic carbocycles. The Labute approximate surface area is 213 Å². The molecule has 1 aliphatic rings. The number of nitrogens with one attached hydrogen (secondary N) is 2. The number of rotatable bonds is 8. The van der Waals surface area contributed by atoms with Crippen LogP contribution in [0.25, 0.3) is 11.4 Å². The van der Waals surface area contributed by atoms with Crippen molar-refractivity contribution in [3.63, 3.8) is 0 Å². The number of hydrogen-bond acceptors (Lipinski definition) is 6. The van der Waals surface area contributed by atoms with Crippen molar-refractivity contribution in [2.75, 3.05) is 18.4 Å². The fourth-order valence-electron chi connectivity index (χ4n) is 4.01. The molecule has 3 aromatic rings. The highest BCUT2D eigenvalue weighted by molar-refractivity contribution is 9.10. The first-order valence-electron chi connectivity index (χ1n) is 11.9. The molecule has 35 heavy (non-hydrogen) atoms. The molecule has 0 bridgehead atoms. The topological polar surface area (TPSA) is 100 Å². The highest BCUT2D eigenvalue weighted by Gasteiger charge is 2.27. The molecule has 1 aliphatic heterocycles. The van der Waals surface area contributed by atoms with Crippen molar-refractivity contribution in [3.05, 3.63) is 64.5 Å². The van der Waals surface area contributed by atoms with E-state index in [1.807, 2.05) is 44.2 Å². The molecule has 0 spiro atoms. The molecule has 2 amide bonds. The summed E-state index contributed by atoms with van der Waals surface area (Å²) in [7, 11) is 0. The molecular weight excluding hydrogens is 510 g/mol. The first-order valence-corrected chi connectivity index (χ1v) is 12.7. The molecule has 184 valence electrons. The smallest absolute Gasteiger partial charge is 0.253 e. The maximum Gasteiger partial charge on any atom is 0.253 e. The lowest BCUT2D eigenvalue weighted by Gasteiger charge is -2.30. The predicted octanol–water partition coefficient (Wildman–Crippen LogP) is 4.88. The Morgan fingerprint density at radius 1 is 1.14 bits per heavy atom. The van der Waals surface area contributed by atoms with Crippen molar-refractivity contribution in [2.24, 2.45) is 5.92 Å². The number of aromatic nitrogens is 2. The summed E-state index contributed by atoms with van der Waals surface area (Å²) < 4.78 is 6.44. The molecule has 2 heterocycles. The first-order chi connectivity index (χ1) is 16.9. The predicted molar refractivity (Wildman–Crippen MR) is 138 cm³/mol. The molecule has 4 rings (SSSR count). The van der Waals surface area contributed by atoms with Gasteiger partial charge in [0.15, 0.2) is 0 Å². The number of carbonyl (C=O) groups excluding carboxylic acids is 2. The van der Waals surface area contributed by atoms with E-state index in [1.54, 1.807) is 18.2 Å². The monoisotopic (exact) mass is 539 g/mol. The van der Waals surface area contributed by atoms with Gasteiger partial charge in [0, 0.05) is 22.0 Å². The molecule has 1 aromatic heterocycles. The number of para-hydroxylation sites is 1. The molecule has 2 N–H and O–H groups in total. The molecule has 9 heteroatoms. The first kappa shape index (κ1) is 25.1. The Balaban J connectivity index is 1.30. The highest BCUT2D eigenvalue weighted by atomic mass is 79.9. The maximum atomic E-state index is 13.0. The van der Waals surface area contributed by atoms with E-state index in [4.69, 9.17) is 4.52 Å². The zero-order valence-corrected chi connectivity index (χ0v) is 21.5. The number of halogens is 1. The van der Waals surface area contributed by atoms with Gasteiger partial charge in [-0.2, -0.15) is 4.98 Å². The Morgan fingerprint density at radius 2 is 1.86 bits per heavy atom. The SMILES string of the molecule is CCC(C)NC(=O)c1ccccc1NC(=O)C1CCN(Cc2nc(-c3ccc(Br)cc3)no2)CC1. The van der Waals surface area contributed by atoms with E-state index in [-0.39, 0.29) is 23.8 Å². The number of anilines is 1. The highest BCUT2D eigenvalue weighted by Crippen LogP contribution is 2.24. The molecule has 1 atom stereocenters. The van der Waals surface area contributed by atoms with Gasteiger partial charge in [-0.3, -0.25) is 14.5 Å². The minimum Gasteiger partial charge on any atom is -0.350 e. The van der Waals surface area contributed by atoms with Gasteiger partial charge >= 0.3 is 0 Å². The van der Waals surface area contributed by atoms with E-state index >= 15 is 0 Å². The number of carbonyl (C=O) groups is 2. The van der Waals surface area contributed by atoms with Crippen molar-refractivity contribution < 1.29 is 14.1 Å². The van der Waals surface area contributed by atoms with Crippen molar-refractivity contribution in [1.29, 1.82) is 0 Å². The summed E-state index contributed by atoms with van der Waals surface area (Å²) in [6.45, 7) is 6.04. The summed E-state index contributed by atoms with van der Waals surface area (Å²) >= 11 is 3.43. The second-order valence-corrected chi connectivity index (χ2v) is 9.80. The quantitative estimate of drug-likeness (QED) is 0.423. The molecule has 8 nitrogen and oxygen atoms in total. The van der Waals surface area contributed by atoms with Crippen molar-refractivity contribution in [3.8, 4) is 11.4 Å².